The predicted octanol–water partition coefficient (Wildman–Crippen LogP) is 3.00. The first-order chi connectivity index (χ1) is 13.1. The number of amides is 1. The Labute approximate surface area is 162 Å². The summed E-state index contributed by atoms with van der Waals surface area (Å²) >= 11 is 0. The smallest absolute Gasteiger partial charge is 0.273 e. The molecule has 6 nitrogen and oxygen atoms in total. The zero-order valence-corrected chi connectivity index (χ0v) is 16.8. The van der Waals surface area contributed by atoms with E-state index in [0.29, 0.717) is 17.5 Å². The maximum Gasteiger partial charge on any atom is 0.273 e. The minimum Gasteiger partial charge on any atom is -0.347 e. The number of halogens is 1. The third-order valence-corrected chi connectivity index (χ3v) is 5.20. The van der Waals surface area contributed by atoms with Crippen molar-refractivity contribution in [2.45, 2.75) is 46.1 Å². The van der Waals surface area contributed by atoms with E-state index in [2.05, 4.69) is 15.4 Å². The lowest BCUT2D eigenvalue weighted by Gasteiger charge is -2.27. The molecular weight excluding hydrogens is 359 g/mol. The number of rotatable bonds is 5. The summed E-state index contributed by atoms with van der Waals surface area (Å²) in [4.78, 5) is 29.2. The van der Waals surface area contributed by atoms with Crippen molar-refractivity contribution in [3.8, 4) is 0 Å². The van der Waals surface area contributed by atoms with E-state index < -0.39 is 5.54 Å². The predicted molar refractivity (Wildman–Crippen MR) is 107 cm³/mol. The van der Waals surface area contributed by atoms with Gasteiger partial charge in [0.15, 0.2) is 5.65 Å². The van der Waals surface area contributed by atoms with Crippen LogP contribution < -0.4 is 10.9 Å². The second-order valence-electron chi connectivity index (χ2n) is 7.68. The van der Waals surface area contributed by atoms with Gasteiger partial charge in [0.05, 0.1) is 10.9 Å². The highest BCUT2D eigenvalue weighted by Crippen LogP contribution is 2.23. The number of pyridine rings is 1. The number of carbonyl (C=O) groups is 1. The standard InChI is InChI=1S/C21H25FN4O2/c1-12-16(13(2)23-19-18(12)20(28)25-26(19)5)10-11-17(27)24-21(3,4)14-6-8-15(22)9-7-14/h6-9H,10-11H2,1-5H3,(H,24,27)(H,25,28). The topological polar surface area (TPSA) is 79.8 Å². The molecular formula is C21H25FN4O2. The van der Waals surface area contributed by atoms with Crippen molar-refractivity contribution < 1.29 is 9.18 Å². The number of nitrogens with zero attached hydrogens (tertiary/aromatic N) is 2. The van der Waals surface area contributed by atoms with Gasteiger partial charge in [-0.1, -0.05) is 12.1 Å². The van der Waals surface area contributed by atoms with Crippen LogP contribution in [-0.2, 0) is 23.8 Å². The molecule has 28 heavy (non-hydrogen) atoms. The Kier molecular flexibility index (Phi) is 5.10. The molecule has 1 amide bonds. The summed E-state index contributed by atoms with van der Waals surface area (Å²) < 4.78 is 14.8. The number of carbonyl (C=O) groups excluding carboxylic acids is 1. The highest BCUT2D eigenvalue weighted by atomic mass is 19.1. The quantitative estimate of drug-likeness (QED) is 0.710. The van der Waals surface area contributed by atoms with Gasteiger partial charge in [0, 0.05) is 19.2 Å². The van der Waals surface area contributed by atoms with Gasteiger partial charge in [-0.25, -0.2) is 9.37 Å². The number of aromatic amines is 1. The van der Waals surface area contributed by atoms with Crippen molar-refractivity contribution in [3.05, 3.63) is 62.8 Å². The molecule has 2 aromatic heterocycles. The van der Waals surface area contributed by atoms with Gasteiger partial charge in [-0.3, -0.25) is 19.4 Å². The van der Waals surface area contributed by atoms with Crippen molar-refractivity contribution in [2.75, 3.05) is 0 Å². The van der Waals surface area contributed by atoms with E-state index >= 15 is 0 Å². The van der Waals surface area contributed by atoms with Crippen LogP contribution in [0.2, 0.25) is 0 Å². The third-order valence-electron chi connectivity index (χ3n) is 5.20. The van der Waals surface area contributed by atoms with E-state index in [1.54, 1.807) is 23.9 Å². The minimum atomic E-state index is -0.617. The maximum absolute atomic E-state index is 13.1. The summed E-state index contributed by atoms with van der Waals surface area (Å²) in [5.41, 5.74) is 3.23. The Morgan fingerprint density at radius 2 is 1.89 bits per heavy atom. The molecule has 2 heterocycles. The van der Waals surface area contributed by atoms with E-state index in [1.807, 2.05) is 27.7 Å². The molecule has 3 rings (SSSR count). The number of hydrogen-bond acceptors (Lipinski definition) is 3. The van der Waals surface area contributed by atoms with E-state index in [9.17, 15) is 14.0 Å². The zero-order valence-electron chi connectivity index (χ0n) is 16.8. The molecule has 148 valence electrons. The molecule has 3 aromatic rings. The fraction of sp³-hybridized carbons (Fsp3) is 0.381. The molecule has 0 aliphatic rings. The Morgan fingerprint density at radius 1 is 1.25 bits per heavy atom. The van der Waals surface area contributed by atoms with Crippen molar-refractivity contribution in [1.29, 1.82) is 0 Å². The molecule has 2 N–H and O–H groups in total. The van der Waals surface area contributed by atoms with Crippen LogP contribution in [-0.4, -0.2) is 20.7 Å². The first-order valence-corrected chi connectivity index (χ1v) is 9.22. The van der Waals surface area contributed by atoms with Crippen molar-refractivity contribution >= 4 is 16.9 Å². The van der Waals surface area contributed by atoms with Crippen LogP contribution in [0.5, 0.6) is 0 Å². The second kappa shape index (κ2) is 7.22. The summed E-state index contributed by atoms with van der Waals surface area (Å²) in [5.74, 6) is -0.425. The van der Waals surface area contributed by atoms with Gasteiger partial charge >= 0.3 is 0 Å². The summed E-state index contributed by atoms with van der Waals surface area (Å²) in [6.45, 7) is 7.54. The Balaban J connectivity index is 1.77. The molecule has 0 spiro atoms. The summed E-state index contributed by atoms with van der Waals surface area (Å²) in [6, 6.07) is 6.11. The normalized spacial score (nSPS) is 11.8. The average molecular weight is 384 g/mol. The molecule has 1 aromatic carbocycles. The van der Waals surface area contributed by atoms with Gasteiger partial charge in [0.25, 0.3) is 5.56 Å². The molecule has 0 saturated carbocycles. The largest absolute Gasteiger partial charge is 0.347 e. The average Bonchev–Trinajstić information content (AvgIpc) is 2.88. The van der Waals surface area contributed by atoms with Gasteiger partial charge in [-0.2, -0.15) is 0 Å². The Morgan fingerprint density at radius 3 is 2.54 bits per heavy atom. The van der Waals surface area contributed by atoms with E-state index in [0.717, 1.165) is 22.4 Å². The number of aromatic nitrogens is 3. The van der Waals surface area contributed by atoms with Gasteiger partial charge in [-0.05, 0) is 62.9 Å². The zero-order chi connectivity index (χ0) is 20.6. The van der Waals surface area contributed by atoms with Crippen LogP contribution in [0.1, 0.15) is 42.7 Å². The van der Waals surface area contributed by atoms with Crippen LogP contribution in [0, 0.1) is 19.7 Å². The Hall–Kier alpha value is -2.96. The first-order valence-electron chi connectivity index (χ1n) is 9.22. The first kappa shape index (κ1) is 19.8. The second-order valence-corrected chi connectivity index (χ2v) is 7.68. The summed E-state index contributed by atoms with van der Waals surface area (Å²) in [5, 5.41) is 6.29. The van der Waals surface area contributed by atoms with Gasteiger partial charge in [-0.15, -0.1) is 0 Å². The molecule has 0 aliphatic carbocycles. The van der Waals surface area contributed by atoms with Crippen LogP contribution in [0.15, 0.2) is 29.1 Å². The number of fused-ring (bicyclic) bond motifs is 1. The molecule has 0 aliphatic heterocycles. The number of aryl methyl sites for hydroxylation is 3. The van der Waals surface area contributed by atoms with E-state index in [-0.39, 0.29) is 23.7 Å². The van der Waals surface area contributed by atoms with E-state index in [4.69, 9.17) is 0 Å². The molecule has 0 fully saturated rings. The molecule has 0 radical (unpaired) electrons. The lowest BCUT2D eigenvalue weighted by molar-refractivity contribution is -0.122. The number of nitrogens with one attached hydrogen (secondary N) is 2. The van der Waals surface area contributed by atoms with E-state index in [1.165, 1.54) is 12.1 Å². The lowest BCUT2D eigenvalue weighted by atomic mass is 9.93. The SMILES string of the molecule is Cc1nc2c(c(C)c1CCC(=O)NC(C)(C)c1ccc(F)cc1)c(=O)[nH]n2C. The monoisotopic (exact) mass is 384 g/mol. The van der Waals surface area contributed by atoms with Gasteiger partial charge in [0.2, 0.25) is 5.91 Å². The fourth-order valence-corrected chi connectivity index (χ4v) is 3.60. The van der Waals surface area contributed by atoms with Crippen LogP contribution in [0.3, 0.4) is 0 Å². The van der Waals surface area contributed by atoms with Crippen molar-refractivity contribution in [2.24, 2.45) is 7.05 Å². The van der Waals surface area contributed by atoms with Crippen LogP contribution in [0.4, 0.5) is 4.39 Å². The van der Waals surface area contributed by atoms with Crippen molar-refractivity contribution in [3.63, 3.8) is 0 Å². The number of H-pyrrole nitrogens is 1. The summed E-state index contributed by atoms with van der Waals surface area (Å²) in [6.07, 6.45) is 0.754. The third kappa shape index (κ3) is 3.69. The lowest BCUT2D eigenvalue weighted by Crippen LogP contribution is -2.41. The minimum absolute atomic E-state index is 0.116. The molecule has 0 saturated heterocycles. The van der Waals surface area contributed by atoms with Gasteiger partial charge < -0.3 is 5.32 Å². The molecule has 0 atom stereocenters. The molecule has 0 bridgehead atoms. The van der Waals surface area contributed by atoms with Gasteiger partial charge in [0.1, 0.15) is 5.82 Å². The van der Waals surface area contributed by atoms with Crippen LogP contribution in [0.25, 0.3) is 11.0 Å². The maximum atomic E-state index is 13.1. The molecule has 7 heteroatoms. The summed E-state index contributed by atoms with van der Waals surface area (Å²) in [7, 11) is 1.75. The fourth-order valence-electron chi connectivity index (χ4n) is 3.60. The van der Waals surface area contributed by atoms with Crippen LogP contribution >= 0.6 is 0 Å². The number of benzene rings is 1. The highest BCUT2D eigenvalue weighted by molar-refractivity contribution is 5.81. The highest BCUT2D eigenvalue weighted by Gasteiger charge is 2.23. The van der Waals surface area contributed by atoms with Crippen molar-refractivity contribution in [1.82, 2.24) is 20.1 Å². The number of hydrogen-bond donors (Lipinski definition) is 2. The molecule has 0 unspecified atom stereocenters. The Bertz CT molecular complexity index is 1090.